The molecule has 0 bridgehead atoms. The summed E-state index contributed by atoms with van der Waals surface area (Å²) in [6, 6.07) is 16.2. The van der Waals surface area contributed by atoms with Crippen LogP contribution in [-0.2, 0) is 0 Å². The van der Waals surface area contributed by atoms with Gasteiger partial charge >= 0.3 is 0 Å². The van der Waals surface area contributed by atoms with Crippen molar-refractivity contribution in [3.63, 3.8) is 0 Å². The van der Waals surface area contributed by atoms with Crippen molar-refractivity contribution < 1.29 is 0 Å². The number of hydrogen-bond acceptors (Lipinski definition) is 2. The van der Waals surface area contributed by atoms with Gasteiger partial charge in [-0.3, -0.25) is 5.10 Å². The molecule has 3 nitrogen and oxygen atoms in total. The van der Waals surface area contributed by atoms with Crippen LogP contribution in [0.1, 0.15) is 0 Å². The molecule has 1 aromatic heterocycles. The summed E-state index contributed by atoms with van der Waals surface area (Å²) in [4.78, 5) is 0. The second-order valence-corrected chi connectivity index (χ2v) is 3.66. The molecule has 0 saturated carbocycles. The Kier molecular flexibility index (Phi) is 2.07. The van der Waals surface area contributed by atoms with Gasteiger partial charge in [-0.2, -0.15) is 5.10 Å². The Morgan fingerprint density at radius 2 is 1.81 bits per heavy atom. The fourth-order valence-corrected chi connectivity index (χ4v) is 1.71. The predicted molar refractivity (Wildman–Crippen MR) is 65.8 cm³/mol. The first-order chi connectivity index (χ1) is 7.92. The molecule has 0 saturated heterocycles. The summed E-state index contributed by atoms with van der Waals surface area (Å²) in [7, 11) is 0. The highest BCUT2D eigenvalue weighted by atomic mass is 15.1. The molecule has 16 heavy (non-hydrogen) atoms. The van der Waals surface area contributed by atoms with E-state index in [0.29, 0.717) is 0 Å². The minimum absolute atomic E-state index is 1.05. The van der Waals surface area contributed by atoms with Crippen molar-refractivity contribution in [3.8, 4) is 0 Å². The predicted octanol–water partition coefficient (Wildman–Crippen LogP) is 3.31. The molecule has 0 atom stereocenters. The number of aromatic amines is 1. The third-order valence-electron chi connectivity index (χ3n) is 2.50. The van der Waals surface area contributed by atoms with E-state index in [9.17, 15) is 0 Å². The highest BCUT2D eigenvalue weighted by Gasteiger charge is 1.97. The van der Waals surface area contributed by atoms with Crippen LogP contribution in [-0.4, -0.2) is 10.2 Å². The van der Waals surface area contributed by atoms with Gasteiger partial charge < -0.3 is 5.32 Å². The Bertz CT molecular complexity index is 599. The lowest BCUT2D eigenvalue weighted by Gasteiger charge is -2.05. The SMILES string of the molecule is c1ccc(Nc2ccc3[nH]ncc3c2)cc1. The monoisotopic (exact) mass is 209 g/mol. The summed E-state index contributed by atoms with van der Waals surface area (Å²) in [5.74, 6) is 0. The smallest absolute Gasteiger partial charge is 0.0651 e. The van der Waals surface area contributed by atoms with Crippen molar-refractivity contribution in [1.82, 2.24) is 10.2 Å². The first-order valence-electron chi connectivity index (χ1n) is 5.17. The third kappa shape index (κ3) is 1.63. The molecule has 0 radical (unpaired) electrons. The quantitative estimate of drug-likeness (QED) is 0.679. The zero-order valence-electron chi connectivity index (χ0n) is 8.64. The van der Waals surface area contributed by atoms with E-state index < -0.39 is 0 Å². The highest BCUT2D eigenvalue weighted by Crippen LogP contribution is 2.20. The lowest BCUT2D eigenvalue weighted by Crippen LogP contribution is -1.88. The summed E-state index contributed by atoms with van der Waals surface area (Å²) in [6.07, 6.45) is 1.82. The number of H-pyrrole nitrogens is 1. The van der Waals surface area contributed by atoms with E-state index in [1.807, 2.05) is 48.7 Å². The maximum absolute atomic E-state index is 4.00. The lowest BCUT2D eigenvalue weighted by atomic mass is 10.2. The van der Waals surface area contributed by atoms with Crippen LogP contribution in [0.5, 0.6) is 0 Å². The standard InChI is InChI=1S/C13H11N3/c1-2-4-11(5-3-1)15-12-6-7-13-10(8-12)9-14-16-13/h1-9,15H,(H,14,16). The Morgan fingerprint density at radius 1 is 0.938 bits per heavy atom. The number of aromatic nitrogens is 2. The van der Waals surface area contributed by atoms with Crippen LogP contribution in [0.25, 0.3) is 10.9 Å². The van der Waals surface area contributed by atoms with E-state index in [1.165, 1.54) is 0 Å². The molecular weight excluding hydrogens is 198 g/mol. The van der Waals surface area contributed by atoms with Crippen molar-refractivity contribution in [2.75, 3.05) is 5.32 Å². The third-order valence-corrected chi connectivity index (χ3v) is 2.50. The lowest BCUT2D eigenvalue weighted by molar-refractivity contribution is 1.12. The number of nitrogens with one attached hydrogen (secondary N) is 2. The van der Waals surface area contributed by atoms with E-state index in [4.69, 9.17) is 0 Å². The van der Waals surface area contributed by atoms with Gasteiger partial charge in [0.15, 0.2) is 0 Å². The molecule has 2 aromatic carbocycles. The van der Waals surface area contributed by atoms with Crippen LogP contribution < -0.4 is 5.32 Å². The zero-order valence-corrected chi connectivity index (χ0v) is 8.64. The van der Waals surface area contributed by atoms with Crippen LogP contribution >= 0.6 is 0 Å². The van der Waals surface area contributed by atoms with E-state index in [2.05, 4.69) is 21.6 Å². The van der Waals surface area contributed by atoms with Crippen LogP contribution in [0.3, 0.4) is 0 Å². The molecule has 2 N–H and O–H groups in total. The maximum atomic E-state index is 4.00. The fourth-order valence-electron chi connectivity index (χ4n) is 1.71. The molecule has 0 aliphatic heterocycles. The Balaban J connectivity index is 1.94. The van der Waals surface area contributed by atoms with Crippen molar-refractivity contribution in [2.45, 2.75) is 0 Å². The first kappa shape index (κ1) is 8.97. The molecule has 0 aliphatic rings. The van der Waals surface area contributed by atoms with Gasteiger partial charge in [0.1, 0.15) is 0 Å². The number of para-hydroxylation sites is 1. The van der Waals surface area contributed by atoms with Crippen molar-refractivity contribution >= 4 is 22.3 Å². The summed E-state index contributed by atoms with van der Waals surface area (Å²) in [6.45, 7) is 0. The second kappa shape index (κ2) is 3.70. The second-order valence-electron chi connectivity index (χ2n) is 3.66. The molecule has 0 fully saturated rings. The Hall–Kier alpha value is -2.29. The minimum Gasteiger partial charge on any atom is -0.356 e. The molecule has 3 rings (SSSR count). The summed E-state index contributed by atoms with van der Waals surface area (Å²) >= 11 is 0. The van der Waals surface area contributed by atoms with E-state index >= 15 is 0 Å². The average Bonchev–Trinajstić information content (AvgIpc) is 2.77. The fraction of sp³-hybridized carbons (Fsp3) is 0. The maximum Gasteiger partial charge on any atom is 0.0651 e. The number of rotatable bonds is 2. The van der Waals surface area contributed by atoms with Gasteiger partial charge in [-0.1, -0.05) is 18.2 Å². The molecule has 3 aromatic rings. The van der Waals surface area contributed by atoms with E-state index in [1.54, 1.807) is 0 Å². The molecule has 1 heterocycles. The summed E-state index contributed by atoms with van der Waals surface area (Å²) in [5.41, 5.74) is 3.21. The number of fused-ring (bicyclic) bond motifs is 1. The van der Waals surface area contributed by atoms with Gasteiger partial charge in [0.05, 0.1) is 11.7 Å². The largest absolute Gasteiger partial charge is 0.356 e. The highest BCUT2D eigenvalue weighted by molar-refractivity contribution is 5.82. The van der Waals surface area contributed by atoms with Crippen LogP contribution in [0.15, 0.2) is 54.7 Å². The van der Waals surface area contributed by atoms with Crippen LogP contribution in [0, 0.1) is 0 Å². The van der Waals surface area contributed by atoms with Crippen molar-refractivity contribution in [1.29, 1.82) is 0 Å². The van der Waals surface area contributed by atoms with E-state index in [-0.39, 0.29) is 0 Å². The van der Waals surface area contributed by atoms with Gasteiger partial charge in [-0.05, 0) is 30.3 Å². The number of benzene rings is 2. The molecule has 0 spiro atoms. The van der Waals surface area contributed by atoms with Crippen LogP contribution in [0.4, 0.5) is 11.4 Å². The molecule has 3 heteroatoms. The van der Waals surface area contributed by atoms with Gasteiger partial charge in [0.2, 0.25) is 0 Å². The first-order valence-corrected chi connectivity index (χ1v) is 5.17. The molecule has 78 valence electrons. The topological polar surface area (TPSA) is 40.7 Å². The number of hydrogen-bond donors (Lipinski definition) is 2. The molecule has 0 amide bonds. The summed E-state index contributed by atoms with van der Waals surface area (Å²) < 4.78 is 0. The minimum atomic E-state index is 1.05. The normalized spacial score (nSPS) is 10.5. The zero-order chi connectivity index (χ0) is 10.8. The van der Waals surface area contributed by atoms with Gasteiger partial charge in [-0.15, -0.1) is 0 Å². The number of anilines is 2. The Morgan fingerprint density at radius 3 is 2.69 bits per heavy atom. The van der Waals surface area contributed by atoms with Gasteiger partial charge in [0, 0.05) is 16.8 Å². The summed E-state index contributed by atoms with van der Waals surface area (Å²) in [5, 5.41) is 11.4. The van der Waals surface area contributed by atoms with Crippen molar-refractivity contribution in [2.24, 2.45) is 0 Å². The molecular formula is C13H11N3. The van der Waals surface area contributed by atoms with Crippen LogP contribution in [0.2, 0.25) is 0 Å². The number of nitrogens with zero attached hydrogens (tertiary/aromatic N) is 1. The average molecular weight is 209 g/mol. The van der Waals surface area contributed by atoms with E-state index in [0.717, 1.165) is 22.3 Å². The molecule has 0 aliphatic carbocycles. The van der Waals surface area contributed by atoms with Gasteiger partial charge in [-0.25, -0.2) is 0 Å². The van der Waals surface area contributed by atoms with Gasteiger partial charge in [0.25, 0.3) is 0 Å². The van der Waals surface area contributed by atoms with Crippen molar-refractivity contribution in [3.05, 3.63) is 54.7 Å². The Labute approximate surface area is 93.1 Å². The molecule has 0 unspecified atom stereocenters.